The molecule has 3 amide bonds. The van der Waals surface area contributed by atoms with E-state index in [-0.39, 0.29) is 42.0 Å². The maximum absolute atomic E-state index is 13.6. The zero-order valence-corrected chi connectivity index (χ0v) is 23.6. The van der Waals surface area contributed by atoms with Crippen LogP contribution >= 0.6 is 0 Å². The number of nitrogens with one attached hydrogen (secondary N) is 1. The van der Waals surface area contributed by atoms with Gasteiger partial charge < -0.3 is 29.5 Å². The fourth-order valence-corrected chi connectivity index (χ4v) is 6.43. The van der Waals surface area contributed by atoms with E-state index in [0.717, 1.165) is 37.4 Å². The van der Waals surface area contributed by atoms with Crippen molar-refractivity contribution < 1.29 is 23.9 Å². The van der Waals surface area contributed by atoms with Gasteiger partial charge in [0.1, 0.15) is 18.9 Å². The first-order chi connectivity index (χ1) is 19.6. The van der Waals surface area contributed by atoms with E-state index < -0.39 is 0 Å². The molecule has 1 N–H and O–H groups in total. The number of carbonyl (C=O) groups is 3. The molecule has 4 heterocycles. The molecular weight excluding hydrogens is 508 g/mol. The first-order valence-electron chi connectivity index (χ1n) is 15.1. The standard InChI is InChI=1S/C31H44N4O5/c36-29(32-12-16-33-13-3-4-14-33)20-25-9-15-34-21-26(25)7-5-17-40-28-8-2-1-6-27(28)22-35(23-30(34)37)31(38)24-10-18-39-19-11-24/h1-2,5-8,24-26H,3-4,9-23H2,(H,32,36)/t25-,26-/m0/s1. The smallest absolute Gasteiger partial charge is 0.242 e. The number of piperidine rings is 1. The maximum Gasteiger partial charge on any atom is 0.242 e. The molecule has 0 aromatic heterocycles. The van der Waals surface area contributed by atoms with Crippen molar-refractivity contribution in [2.24, 2.45) is 17.8 Å². The molecule has 3 fully saturated rings. The van der Waals surface area contributed by atoms with E-state index >= 15 is 0 Å². The second-order valence-electron chi connectivity index (χ2n) is 11.6. The van der Waals surface area contributed by atoms with Crippen LogP contribution in [0.4, 0.5) is 0 Å². The number of likely N-dealkylation sites (tertiary alicyclic amines) is 1. The van der Waals surface area contributed by atoms with Gasteiger partial charge in [-0.1, -0.05) is 30.4 Å². The highest BCUT2D eigenvalue weighted by Crippen LogP contribution is 2.29. The molecule has 2 bridgehead atoms. The van der Waals surface area contributed by atoms with Crippen molar-refractivity contribution in [2.45, 2.75) is 45.1 Å². The van der Waals surface area contributed by atoms with Gasteiger partial charge in [0, 0.05) is 63.8 Å². The van der Waals surface area contributed by atoms with E-state index in [1.165, 1.54) is 12.8 Å². The van der Waals surface area contributed by atoms with Gasteiger partial charge in [-0.25, -0.2) is 0 Å². The molecule has 0 saturated carbocycles. The van der Waals surface area contributed by atoms with Crippen LogP contribution in [0.15, 0.2) is 36.4 Å². The number of carbonyl (C=O) groups excluding carboxylic acids is 3. The minimum atomic E-state index is -0.130. The van der Waals surface area contributed by atoms with Crippen molar-refractivity contribution >= 4 is 17.7 Å². The highest BCUT2D eigenvalue weighted by Gasteiger charge is 2.34. The van der Waals surface area contributed by atoms with Gasteiger partial charge in [0.25, 0.3) is 0 Å². The summed E-state index contributed by atoms with van der Waals surface area (Å²) in [5.74, 6) is 0.862. The number of nitrogens with zero attached hydrogens (tertiary/aromatic N) is 3. The van der Waals surface area contributed by atoms with E-state index in [4.69, 9.17) is 9.47 Å². The van der Waals surface area contributed by atoms with Gasteiger partial charge in [0.15, 0.2) is 0 Å². The van der Waals surface area contributed by atoms with Crippen LogP contribution in [0.1, 0.15) is 44.1 Å². The average molecular weight is 553 g/mol. The summed E-state index contributed by atoms with van der Waals surface area (Å²) in [7, 11) is 0. The fraction of sp³-hybridized carbons (Fsp3) is 0.645. The highest BCUT2D eigenvalue weighted by atomic mass is 16.5. The number of fused-ring (bicyclic) bond motifs is 3. The van der Waals surface area contributed by atoms with Crippen LogP contribution in [0.5, 0.6) is 5.75 Å². The van der Waals surface area contributed by atoms with E-state index in [9.17, 15) is 14.4 Å². The van der Waals surface area contributed by atoms with Crippen molar-refractivity contribution in [1.29, 1.82) is 0 Å². The highest BCUT2D eigenvalue weighted by molar-refractivity contribution is 5.86. The number of hydrogen-bond donors (Lipinski definition) is 1. The zero-order chi connectivity index (χ0) is 27.7. The predicted octanol–water partition coefficient (Wildman–Crippen LogP) is 2.46. The van der Waals surface area contributed by atoms with E-state index in [1.807, 2.05) is 35.2 Å². The summed E-state index contributed by atoms with van der Waals surface area (Å²) >= 11 is 0. The van der Waals surface area contributed by atoms with E-state index in [1.54, 1.807) is 4.90 Å². The molecule has 40 heavy (non-hydrogen) atoms. The Bertz CT molecular complexity index is 1050. The van der Waals surface area contributed by atoms with Gasteiger partial charge in [0.2, 0.25) is 17.7 Å². The Kier molecular flexibility index (Phi) is 10.1. The van der Waals surface area contributed by atoms with Gasteiger partial charge in [0.05, 0.1) is 0 Å². The number of amides is 3. The summed E-state index contributed by atoms with van der Waals surface area (Å²) in [5.41, 5.74) is 0.893. The van der Waals surface area contributed by atoms with Crippen LogP contribution in [-0.2, 0) is 25.7 Å². The van der Waals surface area contributed by atoms with Crippen LogP contribution < -0.4 is 10.1 Å². The maximum atomic E-state index is 13.6. The molecule has 1 aromatic rings. The Balaban J connectivity index is 1.27. The van der Waals surface area contributed by atoms with Crippen LogP contribution in [0.2, 0.25) is 0 Å². The minimum Gasteiger partial charge on any atom is -0.489 e. The van der Waals surface area contributed by atoms with Crippen molar-refractivity contribution in [3.63, 3.8) is 0 Å². The quantitative estimate of drug-likeness (QED) is 0.546. The lowest BCUT2D eigenvalue weighted by molar-refractivity contribution is -0.146. The van der Waals surface area contributed by atoms with E-state index in [0.29, 0.717) is 65.3 Å². The van der Waals surface area contributed by atoms with Crippen LogP contribution in [0.3, 0.4) is 0 Å². The Labute approximate surface area is 237 Å². The lowest BCUT2D eigenvalue weighted by Gasteiger charge is -2.38. The third-order valence-corrected chi connectivity index (χ3v) is 8.82. The molecule has 0 unspecified atom stereocenters. The lowest BCUT2D eigenvalue weighted by atomic mass is 9.82. The summed E-state index contributed by atoms with van der Waals surface area (Å²) in [6.07, 6.45) is 9.19. The van der Waals surface area contributed by atoms with Crippen molar-refractivity contribution in [1.82, 2.24) is 20.0 Å². The van der Waals surface area contributed by atoms with Crippen LogP contribution in [-0.4, -0.2) is 98.1 Å². The van der Waals surface area contributed by atoms with E-state index in [2.05, 4.69) is 16.3 Å². The molecule has 4 aliphatic rings. The topological polar surface area (TPSA) is 91.4 Å². The average Bonchev–Trinajstić information content (AvgIpc) is 3.49. The lowest BCUT2D eigenvalue weighted by Crippen LogP contribution is -2.49. The fourth-order valence-electron chi connectivity index (χ4n) is 6.43. The summed E-state index contributed by atoms with van der Waals surface area (Å²) in [4.78, 5) is 46.0. The molecule has 1 aromatic carbocycles. The predicted molar refractivity (Wildman–Crippen MR) is 152 cm³/mol. The number of para-hydroxylation sites is 1. The van der Waals surface area contributed by atoms with Gasteiger partial charge >= 0.3 is 0 Å². The summed E-state index contributed by atoms with van der Waals surface area (Å²) in [6.45, 7) is 6.90. The molecule has 0 radical (unpaired) electrons. The summed E-state index contributed by atoms with van der Waals surface area (Å²) in [6, 6.07) is 7.74. The molecule has 0 aliphatic carbocycles. The number of hydrogen-bond acceptors (Lipinski definition) is 6. The molecule has 0 spiro atoms. The third kappa shape index (κ3) is 7.63. The normalized spacial score (nSPS) is 24.9. The minimum absolute atomic E-state index is 0.0106. The number of ether oxygens (including phenoxy) is 2. The van der Waals surface area contributed by atoms with Crippen LogP contribution in [0, 0.1) is 17.8 Å². The molecule has 218 valence electrons. The Morgan fingerprint density at radius 1 is 1.00 bits per heavy atom. The second kappa shape index (κ2) is 14.1. The SMILES string of the molecule is O=C(C[C@@H]1CCN2C[C@@H]1C=CCOc1ccccc1CN(C(=O)C1CCOCC1)CC2=O)NCCN1CCCC1. The Morgan fingerprint density at radius 2 is 1.80 bits per heavy atom. The van der Waals surface area contributed by atoms with Gasteiger partial charge in [-0.05, 0) is 63.1 Å². The first kappa shape index (κ1) is 28.6. The molecule has 4 aliphatic heterocycles. The summed E-state index contributed by atoms with van der Waals surface area (Å²) < 4.78 is 11.6. The second-order valence-corrected chi connectivity index (χ2v) is 11.6. The third-order valence-electron chi connectivity index (χ3n) is 8.82. The Morgan fingerprint density at radius 3 is 2.62 bits per heavy atom. The number of benzene rings is 1. The monoisotopic (exact) mass is 552 g/mol. The van der Waals surface area contributed by atoms with Gasteiger partial charge in [-0.15, -0.1) is 0 Å². The van der Waals surface area contributed by atoms with Crippen molar-refractivity contribution in [3.05, 3.63) is 42.0 Å². The zero-order valence-electron chi connectivity index (χ0n) is 23.6. The Hall–Kier alpha value is -2.91. The molecular formula is C31H44N4O5. The van der Waals surface area contributed by atoms with Gasteiger partial charge in [-0.2, -0.15) is 0 Å². The molecule has 2 atom stereocenters. The van der Waals surface area contributed by atoms with Gasteiger partial charge in [-0.3, -0.25) is 14.4 Å². The van der Waals surface area contributed by atoms with Crippen LogP contribution in [0.25, 0.3) is 0 Å². The molecule has 9 nitrogen and oxygen atoms in total. The number of rotatable bonds is 6. The largest absolute Gasteiger partial charge is 0.489 e. The summed E-state index contributed by atoms with van der Waals surface area (Å²) in [5, 5.41) is 3.11. The molecule has 5 rings (SSSR count). The van der Waals surface area contributed by atoms with Crippen molar-refractivity contribution in [3.8, 4) is 5.75 Å². The molecule has 3 saturated heterocycles. The first-order valence-corrected chi connectivity index (χ1v) is 15.1. The van der Waals surface area contributed by atoms with Crippen molar-refractivity contribution in [2.75, 3.05) is 65.6 Å². The molecule has 9 heteroatoms.